The van der Waals surface area contributed by atoms with Crippen LogP contribution in [0, 0.1) is 13.8 Å². The van der Waals surface area contributed by atoms with E-state index in [0.29, 0.717) is 15.4 Å². The number of nitrogens with one attached hydrogen (secondary N) is 2. The monoisotopic (exact) mass is 408 g/mol. The van der Waals surface area contributed by atoms with Crippen LogP contribution in [0.5, 0.6) is 5.75 Å². The molecule has 144 valence electrons. The summed E-state index contributed by atoms with van der Waals surface area (Å²) in [6.45, 7) is 3.57. The smallest absolute Gasteiger partial charge is 0.348 e. The van der Waals surface area contributed by atoms with Crippen molar-refractivity contribution < 1.29 is 23.8 Å². The molecule has 0 aliphatic heterocycles. The Bertz CT molecular complexity index is 892. The predicted molar refractivity (Wildman–Crippen MR) is 109 cm³/mol. The highest BCUT2D eigenvalue weighted by Crippen LogP contribution is 2.34. The summed E-state index contributed by atoms with van der Waals surface area (Å²) in [6, 6.07) is 5.51. The van der Waals surface area contributed by atoms with E-state index in [1.54, 1.807) is 14.0 Å². The van der Waals surface area contributed by atoms with Crippen LogP contribution in [0.2, 0.25) is 0 Å². The van der Waals surface area contributed by atoms with E-state index in [9.17, 15) is 9.59 Å². The molecule has 0 bridgehead atoms. The third-order valence-electron chi connectivity index (χ3n) is 3.82. The summed E-state index contributed by atoms with van der Waals surface area (Å²) in [6.07, 6.45) is 0. The standard InChI is InChI=1S/C18H20N2O5S2/c1-9-8-11(23-3)6-7-12(9)19-18(26)20-15-13(16(21)24-4)10(2)14(27-15)17(22)25-5/h6-8H,1-5H3,(H2,19,20,26). The Kier molecular flexibility index (Phi) is 6.75. The van der Waals surface area contributed by atoms with Crippen LogP contribution < -0.4 is 15.4 Å². The molecule has 1 heterocycles. The number of hydrogen-bond acceptors (Lipinski definition) is 7. The van der Waals surface area contributed by atoms with Crippen LogP contribution in [0.25, 0.3) is 0 Å². The zero-order valence-corrected chi connectivity index (χ0v) is 17.2. The summed E-state index contributed by atoms with van der Waals surface area (Å²) in [7, 11) is 4.16. The summed E-state index contributed by atoms with van der Waals surface area (Å²) in [5, 5.41) is 6.71. The highest BCUT2D eigenvalue weighted by Gasteiger charge is 2.26. The molecule has 1 aromatic heterocycles. The number of rotatable bonds is 5. The zero-order valence-electron chi connectivity index (χ0n) is 15.6. The number of hydrogen-bond donors (Lipinski definition) is 2. The second-order valence-corrected chi connectivity index (χ2v) is 6.93. The fourth-order valence-electron chi connectivity index (χ4n) is 2.40. The molecule has 0 saturated carbocycles. The minimum absolute atomic E-state index is 0.249. The van der Waals surface area contributed by atoms with Crippen molar-refractivity contribution in [2.45, 2.75) is 13.8 Å². The Morgan fingerprint density at radius 3 is 2.26 bits per heavy atom. The second kappa shape index (κ2) is 8.83. The molecule has 7 nitrogen and oxygen atoms in total. The van der Waals surface area contributed by atoms with Crippen LogP contribution in [-0.4, -0.2) is 38.4 Å². The quantitative estimate of drug-likeness (QED) is 0.571. The molecule has 27 heavy (non-hydrogen) atoms. The topological polar surface area (TPSA) is 85.9 Å². The lowest BCUT2D eigenvalue weighted by atomic mass is 10.1. The fraction of sp³-hybridized carbons (Fsp3) is 0.278. The van der Waals surface area contributed by atoms with Gasteiger partial charge in [0.15, 0.2) is 5.11 Å². The Morgan fingerprint density at radius 2 is 1.70 bits per heavy atom. The first kappa shape index (κ1) is 20.7. The molecule has 0 aliphatic carbocycles. The lowest BCUT2D eigenvalue weighted by Crippen LogP contribution is -2.20. The SMILES string of the molecule is COC(=O)c1sc(NC(=S)Nc2ccc(OC)cc2C)c(C(=O)OC)c1C. The lowest BCUT2D eigenvalue weighted by Gasteiger charge is -2.13. The van der Waals surface area contributed by atoms with Crippen LogP contribution in [0.3, 0.4) is 0 Å². The minimum Gasteiger partial charge on any atom is -0.497 e. The van der Waals surface area contributed by atoms with Gasteiger partial charge in [-0.1, -0.05) is 0 Å². The lowest BCUT2D eigenvalue weighted by molar-refractivity contribution is 0.0601. The first-order valence-corrected chi connectivity index (χ1v) is 9.07. The van der Waals surface area contributed by atoms with Crippen LogP contribution in [0.1, 0.15) is 31.2 Å². The first-order valence-electron chi connectivity index (χ1n) is 7.85. The largest absolute Gasteiger partial charge is 0.497 e. The summed E-state index contributed by atoms with van der Waals surface area (Å²) < 4.78 is 14.8. The maximum absolute atomic E-state index is 12.2. The van der Waals surface area contributed by atoms with Crippen molar-refractivity contribution in [1.29, 1.82) is 0 Å². The number of carbonyl (C=O) groups is 2. The number of thiocarbonyl (C=S) groups is 1. The molecule has 1 aromatic carbocycles. The van der Waals surface area contributed by atoms with E-state index < -0.39 is 11.9 Å². The summed E-state index contributed by atoms with van der Waals surface area (Å²) in [5.74, 6) is -0.355. The van der Waals surface area contributed by atoms with Gasteiger partial charge in [-0.05, 0) is 55.4 Å². The number of benzene rings is 1. The van der Waals surface area contributed by atoms with Gasteiger partial charge in [0.2, 0.25) is 0 Å². The summed E-state index contributed by atoms with van der Waals surface area (Å²) >= 11 is 6.43. The fourth-order valence-corrected chi connectivity index (χ4v) is 3.79. The van der Waals surface area contributed by atoms with Gasteiger partial charge in [0, 0.05) is 5.69 Å². The van der Waals surface area contributed by atoms with Crippen molar-refractivity contribution in [2.24, 2.45) is 0 Å². The number of anilines is 2. The highest BCUT2D eigenvalue weighted by atomic mass is 32.1. The highest BCUT2D eigenvalue weighted by molar-refractivity contribution is 7.80. The van der Waals surface area contributed by atoms with Gasteiger partial charge in [-0.3, -0.25) is 0 Å². The molecule has 0 saturated heterocycles. The average molecular weight is 409 g/mol. The van der Waals surface area contributed by atoms with Crippen LogP contribution in [-0.2, 0) is 9.47 Å². The molecule has 0 aliphatic rings. The van der Waals surface area contributed by atoms with Crippen molar-refractivity contribution in [3.05, 3.63) is 39.8 Å². The molecular weight excluding hydrogens is 388 g/mol. The van der Waals surface area contributed by atoms with Gasteiger partial charge in [0.25, 0.3) is 0 Å². The second-order valence-electron chi connectivity index (χ2n) is 5.50. The number of aryl methyl sites for hydroxylation is 1. The number of thiophene rings is 1. The van der Waals surface area contributed by atoms with Gasteiger partial charge in [-0.2, -0.15) is 0 Å². The number of ether oxygens (including phenoxy) is 3. The van der Waals surface area contributed by atoms with E-state index in [0.717, 1.165) is 28.3 Å². The van der Waals surface area contributed by atoms with Crippen LogP contribution >= 0.6 is 23.6 Å². The van der Waals surface area contributed by atoms with Gasteiger partial charge < -0.3 is 24.8 Å². The van der Waals surface area contributed by atoms with Gasteiger partial charge in [-0.25, -0.2) is 9.59 Å². The Balaban J connectivity index is 2.29. The number of methoxy groups -OCH3 is 3. The van der Waals surface area contributed by atoms with Gasteiger partial charge in [0.05, 0.1) is 26.9 Å². The van der Waals surface area contributed by atoms with Gasteiger partial charge in [-0.15, -0.1) is 11.3 Å². The summed E-state index contributed by atoms with van der Waals surface area (Å²) in [4.78, 5) is 24.4. The molecule has 2 N–H and O–H groups in total. The van der Waals surface area contributed by atoms with E-state index in [4.69, 9.17) is 26.4 Å². The van der Waals surface area contributed by atoms with E-state index in [-0.39, 0.29) is 10.7 Å². The van der Waals surface area contributed by atoms with E-state index in [1.807, 2.05) is 25.1 Å². The van der Waals surface area contributed by atoms with E-state index >= 15 is 0 Å². The minimum atomic E-state index is -0.565. The number of esters is 2. The third-order valence-corrected chi connectivity index (χ3v) is 5.21. The summed E-state index contributed by atoms with van der Waals surface area (Å²) in [5.41, 5.74) is 2.45. The molecule has 0 fully saturated rings. The Labute approximate surface area is 166 Å². The molecule has 2 aromatic rings. The molecule has 9 heteroatoms. The Hall–Kier alpha value is -2.65. The first-order chi connectivity index (χ1) is 12.8. The third kappa shape index (κ3) is 4.55. The molecular formula is C18H20N2O5S2. The van der Waals surface area contributed by atoms with Crippen molar-refractivity contribution in [1.82, 2.24) is 0 Å². The molecule has 0 unspecified atom stereocenters. The molecule has 0 spiro atoms. The van der Waals surface area contributed by atoms with Gasteiger partial charge in [0.1, 0.15) is 15.6 Å². The zero-order chi connectivity index (χ0) is 20.1. The van der Waals surface area contributed by atoms with Crippen molar-refractivity contribution >= 4 is 51.3 Å². The van der Waals surface area contributed by atoms with Crippen molar-refractivity contribution in [3.63, 3.8) is 0 Å². The normalized spacial score (nSPS) is 10.1. The van der Waals surface area contributed by atoms with E-state index in [2.05, 4.69) is 10.6 Å². The van der Waals surface area contributed by atoms with Crippen molar-refractivity contribution in [3.8, 4) is 5.75 Å². The molecule has 2 rings (SSSR count). The predicted octanol–water partition coefficient (Wildman–Crippen LogP) is 3.76. The molecule has 0 amide bonds. The van der Waals surface area contributed by atoms with Crippen LogP contribution in [0.4, 0.5) is 10.7 Å². The van der Waals surface area contributed by atoms with E-state index in [1.165, 1.54) is 14.2 Å². The average Bonchev–Trinajstić information content (AvgIpc) is 2.97. The maximum Gasteiger partial charge on any atom is 0.348 e. The number of carbonyl (C=O) groups excluding carboxylic acids is 2. The molecule has 0 atom stereocenters. The maximum atomic E-state index is 12.2. The Morgan fingerprint density at radius 1 is 1.04 bits per heavy atom. The van der Waals surface area contributed by atoms with Gasteiger partial charge >= 0.3 is 11.9 Å². The van der Waals surface area contributed by atoms with Crippen LogP contribution in [0.15, 0.2) is 18.2 Å². The molecule has 0 radical (unpaired) electrons. The van der Waals surface area contributed by atoms with Crippen molar-refractivity contribution in [2.75, 3.05) is 32.0 Å².